The second-order valence-electron chi connectivity index (χ2n) is 7.98. The van der Waals surface area contributed by atoms with E-state index in [1.165, 1.54) is 16.0 Å². The summed E-state index contributed by atoms with van der Waals surface area (Å²) >= 11 is 1.17. The fourth-order valence-electron chi connectivity index (χ4n) is 3.62. The number of anilines is 1. The van der Waals surface area contributed by atoms with Gasteiger partial charge in [-0.15, -0.1) is 11.3 Å². The number of rotatable bonds is 7. The van der Waals surface area contributed by atoms with Crippen molar-refractivity contribution in [2.75, 3.05) is 19.0 Å². The van der Waals surface area contributed by atoms with E-state index < -0.39 is 11.5 Å². The number of thiophene rings is 1. The van der Waals surface area contributed by atoms with E-state index in [2.05, 4.69) is 10.4 Å². The Morgan fingerprint density at radius 3 is 2.49 bits per heavy atom. The Bertz CT molecular complexity index is 1470. The fourth-order valence-corrected chi connectivity index (χ4v) is 4.58. The molecular weight excluding hydrogens is 466 g/mol. The average Bonchev–Trinajstić information content (AvgIpc) is 3.25. The highest BCUT2D eigenvalue weighted by Gasteiger charge is 2.23. The number of nitrogens with zero attached hydrogens (tertiary/aromatic N) is 2. The van der Waals surface area contributed by atoms with E-state index in [1.54, 1.807) is 49.7 Å². The van der Waals surface area contributed by atoms with Crippen molar-refractivity contribution < 1.29 is 19.1 Å². The number of nitrogens with one attached hydrogen (secondary N) is 1. The van der Waals surface area contributed by atoms with Crippen molar-refractivity contribution in [3.05, 3.63) is 80.6 Å². The van der Waals surface area contributed by atoms with Crippen molar-refractivity contribution in [1.29, 1.82) is 0 Å². The number of aryl methyl sites for hydroxylation is 2. The van der Waals surface area contributed by atoms with Gasteiger partial charge in [0.1, 0.15) is 10.8 Å². The summed E-state index contributed by atoms with van der Waals surface area (Å²) in [5.41, 5.74) is 2.95. The molecule has 35 heavy (non-hydrogen) atoms. The summed E-state index contributed by atoms with van der Waals surface area (Å²) in [6, 6.07) is 12.7. The Morgan fingerprint density at radius 1 is 1.09 bits per heavy atom. The molecule has 0 aliphatic carbocycles. The summed E-state index contributed by atoms with van der Waals surface area (Å²) in [6.07, 6.45) is 0.116. The summed E-state index contributed by atoms with van der Waals surface area (Å²) < 4.78 is 11.5. The molecule has 0 spiro atoms. The molecule has 8 nitrogen and oxygen atoms in total. The van der Waals surface area contributed by atoms with Crippen LogP contribution in [-0.2, 0) is 16.0 Å². The van der Waals surface area contributed by atoms with Crippen LogP contribution < -0.4 is 15.6 Å². The first-order chi connectivity index (χ1) is 16.8. The minimum Gasteiger partial charge on any atom is -0.497 e. The van der Waals surface area contributed by atoms with Gasteiger partial charge in [-0.3, -0.25) is 9.59 Å². The van der Waals surface area contributed by atoms with Gasteiger partial charge >= 0.3 is 5.97 Å². The van der Waals surface area contributed by atoms with Crippen molar-refractivity contribution in [2.45, 2.75) is 27.2 Å². The lowest BCUT2D eigenvalue weighted by atomic mass is 10.1. The van der Waals surface area contributed by atoms with E-state index in [0.29, 0.717) is 21.8 Å². The minimum absolute atomic E-state index is 0.0200. The standard InChI is InChI=1S/C26H25N3O5S/c1-5-34-26(32)23-20-14-35-24(27-21(30)13-17-7-10-19(33-4)11-8-17)22(20)25(31)29(28-23)18-9-6-15(2)16(3)12-18/h6-12,14H,5,13H2,1-4H3,(H,27,30). The lowest BCUT2D eigenvalue weighted by molar-refractivity contribution is -0.115. The number of carbonyl (C=O) groups excluding carboxylic acids is 2. The second kappa shape index (κ2) is 10.1. The predicted octanol–water partition coefficient (Wildman–Crippen LogP) is 4.43. The van der Waals surface area contributed by atoms with E-state index in [4.69, 9.17) is 9.47 Å². The Hall–Kier alpha value is -3.98. The van der Waals surface area contributed by atoms with Crippen molar-refractivity contribution in [3.63, 3.8) is 0 Å². The van der Waals surface area contributed by atoms with Crippen LogP contribution in [0.3, 0.4) is 0 Å². The number of hydrogen-bond donors (Lipinski definition) is 1. The SMILES string of the molecule is CCOC(=O)c1nn(-c2ccc(C)c(C)c2)c(=O)c2c(NC(=O)Cc3ccc(OC)cc3)scc12. The summed E-state index contributed by atoms with van der Waals surface area (Å²) in [7, 11) is 1.58. The molecule has 0 saturated carbocycles. The van der Waals surface area contributed by atoms with Crippen molar-refractivity contribution in [1.82, 2.24) is 9.78 Å². The van der Waals surface area contributed by atoms with Gasteiger partial charge in [0.05, 0.1) is 31.2 Å². The highest BCUT2D eigenvalue weighted by atomic mass is 32.1. The van der Waals surface area contributed by atoms with Gasteiger partial charge in [0, 0.05) is 10.8 Å². The number of benzene rings is 2. The van der Waals surface area contributed by atoms with Gasteiger partial charge in [0.15, 0.2) is 5.69 Å². The first-order valence-electron chi connectivity index (χ1n) is 11.0. The molecule has 1 N–H and O–H groups in total. The van der Waals surface area contributed by atoms with Crippen LogP contribution in [0.15, 0.2) is 52.6 Å². The molecule has 0 unspecified atom stereocenters. The highest BCUT2D eigenvalue weighted by Crippen LogP contribution is 2.31. The zero-order chi connectivity index (χ0) is 25.1. The molecule has 0 radical (unpaired) electrons. The van der Waals surface area contributed by atoms with Gasteiger partial charge in [-0.1, -0.05) is 18.2 Å². The maximum absolute atomic E-state index is 13.5. The molecule has 2 heterocycles. The third kappa shape index (κ3) is 4.95. The monoisotopic (exact) mass is 491 g/mol. The van der Waals surface area contributed by atoms with Crippen LogP contribution in [0.25, 0.3) is 16.5 Å². The zero-order valence-electron chi connectivity index (χ0n) is 19.9. The third-order valence-electron chi connectivity index (χ3n) is 5.63. The predicted molar refractivity (Wildman–Crippen MR) is 136 cm³/mol. The fraction of sp³-hybridized carbons (Fsp3) is 0.231. The summed E-state index contributed by atoms with van der Waals surface area (Å²) in [4.78, 5) is 39.0. The van der Waals surface area contributed by atoms with Crippen molar-refractivity contribution >= 4 is 39.0 Å². The van der Waals surface area contributed by atoms with Crippen LogP contribution in [0.2, 0.25) is 0 Å². The Labute approximate surface area is 206 Å². The molecule has 0 bridgehead atoms. The van der Waals surface area contributed by atoms with E-state index in [9.17, 15) is 14.4 Å². The largest absolute Gasteiger partial charge is 0.497 e. The summed E-state index contributed by atoms with van der Waals surface area (Å²) in [6.45, 7) is 5.77. The molecule has 1 amide bonds. The molecule has 2 aromatic carbocycles. The van der Waals surface area contributed by atoms with Crippen molar-refractivity contribution in [3.8, 4) is 11.4 Å². The minimum atomic E-state index is -0.635. The molecule has 4 rings (SSSR count). The Kier molecular flexibility index (Phi) is 6.97. The lowest BCUT2D eigenvalue weighted by Crippen LogP contribution is -2.26. The smallest absolute Gasteiger partial charge is 0.359 e. The molecule has 0 atom stereocenters. The van der Waals surface area contributed by atoms with Crippen LogP contribution in [0, 0.1) is 13.8 Å². The number of amides is 1. The van der Waals surface area contributed by atoms with Crippen molar-refractivity contribution in [2.24, 2.45) is 0 Å². The van der Waals surface area contributed by atoms with E-state index in [-0.39, 0.29) is 30.0 Å². The number of methoxy groups -OCH3 is 1. The molecule has 0 fully saturated rings. The van der Waals surface area contributed by atoms with E-state index >= 15 is 0 Å². The molecule has 9 heteroatoms. The number of hydrogen-bond acceptors (Lipinski definition) is 7. The van der Waals surface area contributed by atoms with Gasteiger partial charge in [0.25, 0.3) is 5.56 Å². The number of fused-ring (bicyclic) bond motifs is 1. The van der Waals surface area contributed by atoms with Crippen LogP contribution in [-0.4, -0.2) is 35.4 Å². The van der Waals surface area contributed by atoms with Gasteiger partial charge in [-0.05, 0) is 61.7 Å². The van der Waals surface area contributed by atoms with Gasteiger partial charge in [0.2, 0.25) is 5.91 Å². The zero-order valence-corrected chi connectivity index (χ0v) is 20.7. The first kappa shape index (κ1) is 24.2. The highest BCUT2D eigenvalue weighted by molar-refractivity contribution is 7.16. The van der Waals surface area contributed by atoms with Gasteiger partial charge in [-0.25, -0.2) is 4.79 Å². The molecule has 0 saturated heterocycles. The van der Waals surface area contributed by atoms with Gasteiger partial charge < -0.3 is 14.8 Å². The van der Waals surface area contributed by atoms with Crippen LogP contribution in [0.1, 0.15) is 34.1 Å². The van der Waals surface area contributed by atoms with E-state index in [1.807, 2.05) is 26.0 Å². The lowest BCUT2D eigenvalue weighted by Gasteiger charge is -2.11. The molecule has 0 aliphatic rings. The topological polar surface area (TPSA) is 99.5 Å². The molecule has 180 valence electrons. The summed E-state index contributed by atoms with van der Waals surface area (Å²) in [5, 5.41) is 9.74. The number of ether oxygens (including phenoxy) is 2. The van der Waals surface area contributed by atoms with E-state index in [0.717, 1.165) is 16.7 Å². The molecule has 4 aromatic rings. The Balaban J connectivity index is 1.77. The van der Waals surface area contributed by atoms with Crippen LogP contribution in [0.5, 0.6) is 5.75 Å². The molecular formula is C26H25N3O5S. The van der Waals surface area contributed by atoms with Crippen LogP contribution >= 0.6 is 11.3 Å². The first-order valence-corrected chi connectivity index (χ1v) is 11.9. The summed E-state index contributed by atoms with van der Waals surface area (Å²) in [5.74, 6) is -0.223. The Morgan fingerprint density at radius 2 is 1.83 bits per heavy atom. The van der Waals surface area contributed by atoms with Gasteiger partial charge in [-0.2, -0.15) is 9.78 Å². The maximum Gasteiger partial charge on any atom is 0.359 e. The maximum atomic E-state index is 13.5. The number of esters is 1. The molecule has 2 aromatic heterocycles. The van der Waals surface area contributed by atoms with Crippen LogP contribution in [0.4, 0.5) is 5.00 Å². The average molecular weight is 492 g/mol. The number of aromatic nitrogens is 2. The quantitative estimate of drug-likeness (QED) is 0.384. The third-order valence-corrected chi connectivity index (χ3v) is 6.53. The molecule has 0 aliphatic heterocycles. The second-order valence-corrected chi connectivity index (χ2v) is 8.86. The normalized spacial score (nSPS) is 10.9. The number of carbonyl (C=O) groups is 2.